The summed E-state index contributed by atoms with van der Waals surface area (Å²) in [6, 6.07) is 15.5. The Morgan fingerprint density at radius 1 is 1.17 bits per heavy atom. The molecule has 3 rings (SSSR count). The highest BCUT2D eigenvalue weighted by molar-refractivity contribution is 5.92. The third kappa shape index (κ3) is 3.34. The van der Waals surface area contributed by atoms with Crippen LogP contribution in [0, 0.1) is 0 Å². The summed E-state index contributed by atoms with van der Waals surface area (Å²) in [5.74, 6) is 0. The van der Waals surface area contributed by atoms with Crippen LogP contribution in [0.25, 0.3) is 5.65 Å². The van der Waals surface area contributed by atoms with Gasteiger partial charge in [0.1, 0.15) is 5.65 Å². The quantitative estimate of drug-likeness (QED) is 0.802. The second-order valence-corrected chi connectivity index (χ2v) is 5.70. The van der Waals surface area contributed by atoms with E-state index in [1.807, 2.05) is 79.2 Å². The maximum Gasteiger partial charge on any atom is 0.322 e. The van der Waals surface area contributed by atoms with Gasteiger partial charge < -0.3 is 9.72 Å². The smallest absolute Gasteiger partial charge is 0.322 e. The van der Waals surface area contributed by atoms with Gasteiger partial charge in [-0.25, -0.2) is 9.78 Å². The van der Waals surface area contributed by atoms with Crippen molar-refractivity contribution in [1.82, 2.24) is 14.7 Å². The first-order chi connectivity index (χ1) is 11.1. The molecule has 0 radical (unpaired) electrons. The molecule has 0 aliphatic heterocycles. The number of carbonyl (C=O) groups is 1. The maximum absolute atomic E-state index is 12.6. The Kier molecular flexibility index (Phi) is 4.28. The van der Waals surface area contributed by atoms with Crippen LogP contribution in [0.2, 0.25) is 0 Å². The number of para-hydroxylation sites is 1. The zero-order valence-corrected chi connectivity index (χ0v) is 13.3. The molecule has 2 amide bonds. The number of urea groups is 1. The van der Waals surface area contributed by atoms with Crippen LogP contribution in [-0.2, 0) is 6.54 Å². The Hall–Kier alpha value is -2.82. The van der Waals surface area contributed by atoms with Crippen LogP contribution >= 0.6 is 0 Å². The summed E-state index contributed by atoms with van der Waals surface area (Å²) < 4.78 is 2.00. The van der Waals surface area contributed by atoms with E-state index in [2.05, 4.69) is 10.3 Å². The summed E-state index contributed by atoms with van der Waals surface area (Å²) in [5, 5.41) is 2.96. The van der Waals surface area contributed by atoms with Gasteiger partial charge in [0.25, 0.3) is 0 Å². The van der Waals surface area contributed by atoms with Crippen molar-refractivity contribution in [3.8, 4) is 0 Å². The molecule has 1 aromatic carbocycles. The summed E-state index contributed by atoms with van der Waals surface area (Å²) in [5.41, 5.74) is 2.69. The number of rotatable bonds is 4. The third-order valence-electron chi connectivity index (χ3n) is 3.54. The van der Waals surface area contributed by atoms with E-state index in [4.69, 9.17) is 0 Å². The van der Waals surface area contributed by atoms with Gasteiger partial charge >= 0.3 is 6.03 Å². The van der Waals surface area contributed by atoms with Gasteiger partial charge in [0.15, 0.2) is 0 Å². The number of hydrogen-bond acceptors (Lipinski definition) is 2. The molecule has 2 heterocycles. The fourth-order valence-electron chi connectivity index (χ4n) is 2.48. The normalized spacial score (nSPS) is 10.9. The van der Waals surface area contributed by atoms with Gasteiger partial charge in [-0.3, -0.25) is 4.90 Å². The Morgan fingerprint density at radius 2 is 1.91 bits per heavy atom. The van der Waals surface area contributed by atoms with Crippen molar-refractivity contribution in [2.75, 3.05) is 4.90 Å². The van der Waals surface area contributed by atoms with Crippen LogP contribution < -0.4 is 10.2 Å². The van der Waals surface area contributed by atoms with Crippen LogP contribution in [0.15, 0.2) is 60.9 Å². The number of anilines is 1. The predicted octanol–water partition coefficient (Wildman–Crippen LogP) is 3.46. The summed E-state index contributed by atoms with van der Waals surface area (Å²) in [6.45, 7) is 4.36. The van der Waals surface area contributed by atoms with Crippen LogP contribution in [0.1, 0.15) is 19.5 Å². The largest absolute Gasteiger partial charge is 0.336 e. The molecule has 0 spiro atoms. The first-order valence-corrected chi connectivity index (χ1v) is 7.69. The Morgan fingerprint density at radius 3 is 2.65 bits per heavy atom. The molecule has 0 atom stereocenters. The van der Waals surface area contributed by atoms with E-state index >= 15 is 0 Å². The Balaban J connectivity index is 1.94. The van der Waals surface area contributed by atoms with E-state index in [1.54, 1.807) is 4.90 Å². The highest BCUT2D eigenvalue weighted by atomic mass is 16.2. The molecule has 5 nitrogen and oxygen atoms in total. The number of aromatic nitrogens is 2. The second kappa shape index (κ2) is 6.52. The number of pyridine rings is 1. The third-order valence-corrected chi connectivity index (χ3v) is 3.54. The first-order valence-electron chi connectivity index (χ1n) is 7.69. The molecule has 0 saturated carbocycles. The Labute approximate surface area is 135 Å². The number of imidazole rings is 1. The summed E-state index contributed by atoms with van der Waals surface area (Å²) >= 11 is 0. The molecule has 0 bridgehead atoms. The van der Waals surface area contributed by atoms with E-state index < -0.39 is 0 Å². The van der Waals surface area contributed by atoms with Crippen LogP contribution in [0.3, 0.4) is 0 Å². The van der Waals surface area contributed by atoms with Crippen molar-refractivity contribution in [2.45, 2.75) is 26.4 Å². The standard InChI is InChI=1S/C18H20N4O/c1-14(2)20-18(23)22(15-8-4-3-5-9-15)13-16-12-19-17-10-6-7-11-21(16)17/h3-12,14H,13H2,1-2H3,(H,20,23). The van der Waals surface area contributed by atoms with Gasteiger partial charge in [-0.15, -0.1) is 0 Å². The van der Waals surface area contributed by atoms with Crippen molar-refractivity contribution in [3.63, 3.8) is 0 Å². The lowest BCUT2D eigenvalue weighted by molar-refractivity contribution is 0.243. The number of benzene rings is 1. The number of hydrogen-bond donors (Lipinski definition) is 1. The minimum atomic E-state index is -0.114. The predicted molar refractivity (Wildman–Crippen MR) is 91.5 cm³/mol. The molecule has 23 heavy (non-hydrogen) atoms. The molecule has 0 fully saturated rings. The highest BCUT2D eigenvalue weighted by Crippen LogP contribution is 2.18. The maximum atomic E-state index is 12.6. The van der Waals surface area contributed by atoms with Gasteiger partial charge in [0, 0.05) is 17.9 Å². The van der Waals surface area contributed by atoms with E-state index in [0.29, 0.717) is 6.54 Å². The topological polar surface area (TPSA) is 49.6 Å². The van der Waals surface area contributed by atoms with E-state index in [-0.39, 0.29) is 12.1 Å². The summed E-state index contributed by atoms with van der Waals surface area (Å²) in [7, 11) is 0. The highest BCUT2D eigenvalue weighted by Gasteiger charge is 2.18. The SMILES string of the molecule is CC(C)NC(=O)N(Cc1cnc2ccccn12)c1ccccc1. The molecule has 2 aromatic heterocycles. The summed E-state index contributed by atoms with van der Waals surface area (Å²) in [6.07, 6.45) is 3.77. The second-order valence-electron chi connectivity index (χ2n) is 5.70. The average Bonchev–Trinajstić information content (AvgIpc) is 2.96. The fraction of sp³-hybridized carbons (Fsp3) is 0.222. The molecule has 0 aliphatic rings. The van der Waals surface area contributed by atoms with E-state index in [0.717, 1.165) is 17.0 Å². The van der Waals surface area contributed by atoms with Crippen molar-refractivity contribution in [2.24, 2.45) is 0 Å². The average molecular weight is 308 g/mol. The number of nitrogens with one attached hydrogen (secondary N) is 1. The minimum absolute atomic E-state index is 0.0795. The number of nitrogens with zero attached hydrogens (tertiary/aromatic N) is 3. The minimum Gasteiger partial charge on any atom is -0.336 e. The lowest BCUT2D eigenvalue weighted by Crippen LogP contribution is -2.42. The molecule has 118 valence electrons. The molecular formula is C18H20N4O. The first kappa shape index (κ1) is 15.1. The fourth-order valence-corrected chi connectivity index (χ4v) is 2.48. The summed E-state index contributed by atoms with van der Waals surface area (Å²) in [4.78, 5) is 18.7. The molecule has 5 heteroatoms. The molecule has 1 N–H and O–H groups in total. The van der Waals surface area contributed by atoms with Crippen molar-refractivity contribution >= 4 is 17.4 Å². The van der Waals surface area contributed by atoms with Crippen molar-refractivity contribution in [3.05, 3.63) is 66.6 Å². The molecule has 0 aliphatic carbocycles. The van der Waals surface area contributed by atoms with Crippen LogP contribution in [0.4, 0.5) is 10.5 Å². The number of amides is 2. The van der Waals surface area contributed by atoms with Gasteiger partial charge in [0.05, 0.1) is 18.4 Å². The zero-order chi connectivity index (χ0) is 16.2. The lowest BCUT2D eigenvalue weighted by Gasteiger charge is -2.24. The monoisotopic (exact) mass is 308 g/mol. The van der Waals surface area contributed by atoms with Crippen LogP contribution in [-0.4, -0.2) is 21.5 Å². The Bertz CT molecular complexity index is 795. The van der Waals surface area contributed by atoms with Gasteiger partial charge in [-0.05, 0) is 38.1 Å². The van der Waals surface area contributed by atoms with Crippen molar-refractivity contribution in [1.29, 1.82) is 0 Å². The molecule has 0 unspecified atom stereocenters. The molecule has 0 saturated heterocycles. The number of fused-ring (bicyclic) bond motifs is 1. The van der Waals surface area contributed by atoms with E-state index in [9.17, 15) is 4.79 Å². The number of carbonyl (C=O) groups excluding carboxylic acids is 1. The van der Waals surface area contributed by atoms with Gasteiger partial charge in [-0.1, -0.05) is 24.3 Å². The van der Waals surface area contributed by atoms with Gasteiger partial charge in [-0.2, -0.15) is 0 Å². The van der Waals surface area contributed by atoms with Crippen LogP contribution in [0.5, 0.6) is 0 Å². The molecular weight excluding hydrogens is 288 g/mol. The zero-order valence-electron chi connectivity index (χ0n) is 13.3. The molecule has 3 aromatic rings. The van der Waals surface area contributed by atoms with Crippen molar-refractivity contribution < 1.29 is 4.79 Å². The van der Waals surface area contributed by atoms with Gasteiger partial charge in [0.2, 0.25) is 0 Å². The van der Waals surface area contributed by atoms with E-state index in [1.165, 1.54) is 0 Å². The lowest BCUT2D eigenvalue weighted by atomic mass is 10.2.